The number of rotatable bonds is 7. The highest BCUT2D eigenvalue weighted by molar-refractivity contribution is 7.92. The van der Waals surface area contributed by atoms with Crippen LogP contribution in [0.2, 0.25) is 0 Å². The smallest absolute Gasteiger partial charge is 0.414 e. The van der Waals surface area contributed by atoms with Gasteiger partial charge in [0.1, 0.15) is 6.10 Å². The summed E-state index contributed by atoms with van der Waals surface area (Å²) in [6.45, 7) is 2.88. The molecule has 0 radical (unpaired) electrons. The van der Waals surface area contributed by atoms with E-state index in [2.05, 4.69) is 9.62 Å². The molecule has 3 fully saturated rings. The molecule has 5 rings (SSSR count). The number of carbonyl (C=O) groups excluding carboxylic acids is 1. The maximum Gasteiger partial charge on any atom is 0.414 e. The van der Waals surface area contributed by atoms with Crippen molar-refractivity contribution < 1.29 is 27.9 Å². The van der Waals surface area contributed by atoms with Gasteiger partial charge >= 0.3 is 12.1 Å². The summed E-state index contributed by atoms with van der Waals surface area (Å²) in [5, 5.41) is 9.30. The average molecular weight is 474 g/mol. The number of ether oxygens (including phenoxy) is 1. The topological polar surface area (TPSA) is 116 Å². The van der Waals surface area contributed by atoms with Crippen LogP contribution in [-0.4, -0.2) is 62.5 Å². The number of nitrogens with zero attached hydrogens (tertiary/aromatic N) is 2. The number of piperidine rings is 3. The maximum atomic E-state index is 13.3. The van der Waals surface area contributed by atoms with Gasteiger partial charge in [-0.2, -0.15) is 0 Å². The molecule has 0 saturated carbocycles. The molecule has 3 heterocycles. The first-order chi connectivity index (χ1) is 15.7. The molecule has 1 atom stereocenters. The SMILES string of the molecule is CS(=O)(=O)Nc1ccc(N(Cc2cccc(C(=O)O)c2)C(=O)O[C@H]2CN3CCC2CC3)cc1. The van der Waals surface area contributed by atoms with E-state index >= 15 is 0 Å². The zero-order chi connectivity index (χ0) is 23.6. The highest BCUT2D eigenvalue weighted by Gasteiger charge is 2.37. The van der Waals surface area contributed by atoms with Gasteiger partial charge in [-0.25, -0.2) is 18.0 Å². The lowest BCUT2D eigenvalue weighted by Gasteiger charge is -2.44. The van der Waals surface area contributed by atoms with Crippen molar-refractivity contribution >= 4 is 33.5 Å². The number of sulfonamides is 1. The molecule has 3 saturated heterocycles. The summed E-state index contributed by atoms with van der Waals surface area (Å²) < 4.78 is 31.3. The second kappa shape index (κ2) is 9.40. The van der Waals surface area contributed by atoms with Crippen molar-refractivity contribution in [3.05, 3.63) is 59.7 Å². The molecule has 9 nitrogen and oxygen atoms in total. The van der Waals surface area contributed by atoms with E-state index in [9.17, 15) is 23.1 Å². The van der Waals surface area contributed by atoms with Gasteiger partial charge in [0, 0.05) is 17.9 Å². The summed E-state index contributed by atoms with van der Waals surface area (Å²) in [6, 6.07) is 12.8. The van der Waals surface area contributed by atoms with Crippen molar-refractivity contribution in [2.75, 3.05) is 35.5 Å². The zero-order valence-corrected chi connectivity index (χ0v) is 19.1. The fourth-order valence-electron chi connectivity index (χ4n) is 4.41. The van der Waals surface area contributed by atoms with E-state index in [0.29, 0.717) is 22.9 Å². The van der Waals surface area contributed by atoms with Crippen LogP contribution in [0.4, 0.5) is 16.2 Å². The number of carboxylic acid groups (broad SMARTS) is 1. The van der Waals surface area contributed by atoms with Crippen molar-refractivity contribution in [1.82, 2.24) is 4.90 Å². The summed E-state index contributed by atoms with van der Waals surface area (Å²) in [5.41, 5.74) is 1.66. The molecule has 2 aromatic carbocycles. The number of benzene rings is 2. The lowest BCUT2D eigenvalue weighted by molar-refractivity contribution is -0.0311. The van der Waals surface area contributed by atoms with Crippen LogP contribution in [0.5, 0.6) is 0 Å². The third-order valence-corrected chi connectivity index (χ3v) is 6.67. The zero-order valence-electron chi connectivity index (χ0n) is 18.3. The molecule has 3 aliphatic heterocycles. The van der Waals surface area contributed by atoms with Crippen molar-refractivity contribution in [3.63, 3.8) is 0 Å². The summed E-state index contributed by atoms with van der Waals surface area (Å²) in [5.74, 6) is -0.702. The van der Waals surface area contributed by atoms with Gasteiger partial charge in [0.05, 0.1) is 18.4 Å². The van der Waals surface area contributed by atoms with Crippen LogP contribution in [0.25, 0.3) is 0 Å². The minimum absolute atomic E-state index is 0.111. The molecule has 2 N–H and O–H groups in total. The van der Waals surface area contributed by atoms with Crippen LogP contribution in [-0.2, 0) is 21.3 Å². The van der Waals surface area contributed by atoms with Crippen LogP contribution < -0.4 is 9.62 Å². The molecule has 0 spiro atoms. The van der Waals surface area contributed by atoms with Crippen LogP contribution in [0.1, 0.15) is 28.8 Å². The largest absolute Gasteiger partial charge is 0.478 e. The van der Waals surface area contributed by atoms with Gasteiger partial charge < -0.3 is 9.84 Å². The summed E-state index contributed by atoms with van der Waals surface area (Å²) in [4.78, 5) is 28.4. The van der Waals surface area contributed by atoms with E-state index in [4.69, 9.17) is 4.74 Å². The molecule has 2 aromatic rings. The number of hydrogen-bond donors (Lipinski definition) is 2. The van der Waals surface area contributed by atoms with Crippen molar-refractivity contribution in [2.24, 2.45) is 5.92 Å². The Hall–Kier alpha value is -3.11. The molecule has 33 heavy (non-hydrogen) atoms. The van der Waals surface area contributed by atoms with E-state index in [-0.39, 0.29) is 18.2 Å². The molecular weight excluding hydrogens is 446 g/mol. The molecule has 2 bridgehead atoms. The minimum atomic E-state index is -3.43. The monoisotopic (exact) mass is 473 g/mol. The van der Waals surface area contributed by atoms with E-state index in [1.165, 1.54) is 17.0 Å². The van der Waals surface area contributed by atoms with E-state index in [0.717, 1.165) is 38.7 Å². The van der Waals surface area contributed by atoms with Gasteiger partial charge in [-0.15, -0.1) is 0 Å². The second-order valence-electron chi connectivity index (χ2n) is 8.57. The number of fused-ring (bicyclic) bond motifs is 3. The Labute approximate surface area is 193 Å². The molecular formula is C23H27N3O6S. The number of carboxylic acids is 1. The quantitative estimate of drug-likeness (QED) is 0.635. The fraction of sp³-hybridized carbons (Fsp3) is 0.391. The lowest BCUT2D eigenvalue weighted by atomic mass is 9.86. The number of aromatic carboxylic acids is 1. The Balaban J connectivity index is 1.58. The number of amides is 1. The van der Waals surface area contributed by atoms with Crippen LogP contribution in [0.15, 0.2) is 48.5 Å². The standard InChI is InChI=1S/C23H27N3O6S/c1-33(30,31)24-19-5-7-20(8-6-19)26(14-16-3-2-4-18(13-16)22(27)28)23(29)32-21-15-25-11-9-17(21)10-12-25/h2-8,13,17,21,24H,9-12,14-15H2,1H3,(H,27,28)/t21-/m0/s1. The molecule has 10 heteroatoms. The van der Waals surface area contributed by atoms with Gasteiger partial charge in [0.25, 0.3) is 0 Å². The van der Waals surface area contributed by atoms with Gasteiger partial charge in [0.15, 0.2) is 0 Å². The van der Waals surface area contributed by atoms with Crippen LogP contribution in [0, 0.1) is 5.92 Å². The van der Waals surface area contributed by atoms with Gasteiger partial charge in [0.2, 0.25) is 10.0 Å². The highest BCUT2D eigenvalue weighted by atomic mass is 32.2. The molecule has 176 valence electrons. The Kier molecular flexibility index (Phi) is 6.57. The molecule has 3 aliphatic rings. The summed E-state index contributed by atoms with van der Waals surface area (Å²) >= 11 is 0. The Morgan fingerprint density at radius 3 is 2.42 bits per heavy atom. The molecule has 0 aromatic heterocycles. The van der Waals surface area contributed by atoms with Crippen molar-refractivity contribution in [2.45, 2.75) is 25.5 Å². The van der Waals surface area contributed by atoms with E-state index in [1.54, 1.807) is 36.4 Å². The van der Waals surface area contributed by atoms with E-state index in [1.807, 2.05) is 0 Å². The van der Waals surface area contributed by atoms with Gasteiger partial charge in [-0.1, -0.05) is 12.1 Å². The van der Waals surface area contributed by atoms with Crippen LogP contribution in [0.3, 0.4) is 0 Å². The summed E-state index contributed by atoms with van der Waals surface area (Å²) in [6.07, 6.45) is 2.38. The fourth-order valence-corrected chi connectivity index (χ4v) is 4.97. The minimum Gasteiger partial charge on any atom is -0.478 e. The third-order valence-electron chi connectivity index (χ3n) is 6.07. The number of carbonyl (C=O) groups is 2. The normalized spacial score (nSPS) is 21.9. The Bertz CT molecular complexity index is 1130. The lowest BCUT2D eigenvalue weighted by Crippen LogP contribution is -2.53. The highest BCUT2D eigenvalue weighted by Crippen LogP contribution is 2.31. The maximum absolute atomic E-state index is 13.3. The van der Waals surface area contributed by atoms with Gasteiger partial charge in [-0.05, 0) is 73.8 Å². The van der Waals surface area contributed by atoms with Crippen LogP contribution >= 0.6 is 0 Å². The molecule has 0 aliphatic carbocycles. The number of hydrogen-bond acceptors (Lipinski definition) is 6. The molecule has 1 amide bonds. The number of nitrogens with one attached hydrogen (secondary N) is 1. The average Bonchev–Trinajstić information content (AvgIpc) is 2.78. The second-order valence-corrected chi connectivity index (χ2v) is 10.3. The molecule has 0 unspecified atom stereocenters. The Morgan fingerprint density at radius 2 is 1.85 bits per heavy atom. The van der Waals surface area contributed by atoms with Gasteiger partial charge in [-0.3, -0.25) is 14.5 Å². The first kappa shape index (κ1) is 23.1. The first-order valence-corrected chi connectivity index (χ1v) is 12.7. The predicted octanol–water partition coefficient (Wildman–Crippen LogP) is 2.99. The third kappa shape index (κ3) is 5.82. The van der Waals surface area contributed by atoms with Crippen molar-refractivity contribution in [1.29, 1.82) is 0 Å². The Morgan fingerprint density at radius 1 is 1.15 bits per heavy atom. The summed E-state index contributed by atoms with van der Waals surface area (Å²) in [7, 11) is -3.43. The van der Waals surface area contributed by atoms with Crippen molar-refractivity contribution in [3.8, 4) is 0 Å². The predicted molar refractivity (Wildman–Crippen MR) is 124 cm³/mol. The number of anilines is 2. The van der Waals surface area contributed by atoms with E-state index < -0.39 is 22.1 Å². The first-order valence-electron chi connectivity index (χ1n) is 10.8.